The summed E-state index contributed by atoms with van der Waals surface area (Å²) in [7, 11) is 0. The van der Waals surface area contributed by atoms with E-state index in [0.717, 1.165) is 19.4 Å². The van der Waals surface area contributed by atoms with Gasteiger partial charge in [-0.3, -0.25) is 4.90 Å². The number of hydrogen-bond donors (Lipinski definition) is 2. The zero-order valence-electron chi connectivity index (χ0n) is 7.94. The maximum atomic E-state index is 10.4. The van der Waals surface area contributed by atoms with Crippen LogP contribution in [0.5, 0.6) is 0 Å². The number of nitrogens with zero attached hydrogens (tertiary/aromatic N) is 1. The molecule has 0 saturated carbocycles. The van der Waals surface area contributed by atoms with Gasteiger partial charge in [0.2, 0.25) is 0 Å². The molecule has 0 radical (unpaired) electrons. The summed E-state index contributed by atoms with van der Waals surface area (Å²) >= 11 is 0. The second-order valence-corrected chi connectivity index (χ2v) is 3.69. The quantitative estimate of drug-likeness (QED) is 0.667. The number of hydrogen-bond acceptors (Lipinski definition) is 3. The van der Waals surface area contributed by atoms with Crippen LogP contribution < -0.4 is 0 Å². The normalized spacial score (nSPS) is 27.1. The highest BCUT2D eigenvalue weighted by atomic mass is 16.4. The maximum Gasteiger partial charge on any atom is 0.333 e. The number of carboxylic acids is 1. The topological polar surface area (TPSA) is 60.8 Å². The summed E-state index contributed by atoms with van der Waals surface area (Å²) in [6.45, 7) is 3.25. The van der Waals surface area contributed by atoms with E-state index in [1.165, 1.54) is 6.42 Å². The van der Waals surface area contributed by atoms with E-state index in [1.807, 2.05) is 4.90 Å². The van der Waals surface area contributed by atoms with Gasteiger partial charge in [-0.25, -0.2) is 4.79 Å². The number of rotatable bonds is 3. The van der Waals surface area contributed by atoms with Crippen LogP contribution >= 0.6 is 0 Å². The number of piperidine rings is 1. The third-order valence-electron chi connectivity index (χ3n) is 2.63. The van der Waals surface area contributed by atoms with Gasteiger partial charge in [-0.15, -0.1) is 0 Å². The molecule has 1 aliphatic rings. The summed E-state index contributed by atoms with van der Waals surface area (Å²) in [5, 5.41) is 17.7. The first-order valence-electron chi connectivity index (χ1n) is 4.76. The summed E-state index contributed by atoms with van der Waals surface area (Å²) in [6.07, 6.45) is 2.18. The van der Waals surface area contributed by atoms with Crippen LogP contribution in [0.25, 0.3) is 0 Å². The first kappa shape index (κ1) is 10.5. The molecule has 0 aromatic rings. The molecule has 0 aromatic heterocycles. The molecule has 1 rings (SSSR count). The standard InChI is InChI=1S/C9H17NO3/c1-7-4-2-3-5-10(7)6-8(11)9(12)13/h7-8,11H,2-6H2,1H3,(H,12,13). The van der Waals surface area contributed by atoms with Gasteiger partial charge in [0.15, 0.2) is 6.10 Å². The Bertz CT molecular complexity index is 184. The Morgan fingerprint density at radius 2 is 2.31 bits per heavy atom. The Balaban J connectivity index is 2.37. The SMILES string of the molecule is CC1CCCCN1CC(O)C(=O)O. The van der Waals surface area contributed by atoms with Crippen molar-refractivity contribution < 1.29 is 15.0 Å². The van der Waals surface area contributed by atoms with E-state index in [9.17, 15) is 4.79 Å². The Morgan fingerprint density at radius 3 is 2.85 bits per heavy atom. The van der Waals surface area contributed by atoms with Gasteiger partial charge in [-0.1, -0.05) is 6.42 Å². The van der Waals surface area contributed by atoms with Crippen molar-refractivity contribution in [3.8, 4) is 0 Å². The van der Waals surface area contributed by atoms with Gasteiger partial charge in [-0.05, 0) is 26.3 Å². The molecule has 1 fully saturated rings. The number of aliphatic hydroxyl groups is 1. The highest BCUT2D eigenvalue weighted by Crippen LogP contribution is 2.16. The van der Waals surface area contributed by atoms with Gasteiger partial charge in [0.1, 0.15) is 0 Å². The number of carboxylic acid groups (broad SMARTS) is 1. The Morgan fingerprint density at radius 1 is 1.62 bits per heavy atom. The average Bonchev–Trinajstić information content (AvgIpc) is 2.08. The Hall–Kier alpha value is -0.610. The lowest BCUT2D eigenvalue weighted by molar-refractivity contribution is -0.148. The molecule has 1 aliphatic heterocycles. The van der Waals surface area contributed by atoms with Crippen molar-refractivity contribution in [2.75, 3.05) is 13.1 Å². The predicted molar refractivity (Wildman–Crippen MR) is 48.5 cm³/mol. The van der Waals surface area contributed by atoms with Gasteiger partial charge in [-0.2, -0.15) is 0 Å². The van der Waals surface area contributed by atoms with Crippen molar-refractivity contribution >= 4 is 5.97 Å². The molecule has 1 saturated heterocycles. The number of aliphatic hydroxyl groups excluding tert-OH is 1. The smallest absolute Gasteiger partial charge is 0.333 e. The Labute approximate surface area is 78.2 Å². The molecule has 2 N–H and O–H groups in total. The average molecular weight is 187 g/mol. The van der Waals surface area contributed by atoms with Crippen LogP contribution in [0.3, 0.4) is 0 Å². The summed E-state index contributed by atoms with van der Waals surface area (Å²) in [4.78, 5) is 12.4. The van der Waals surface area contributed by atoms with Crippen molar-refractivity contribution in [2.45, 2.75) is 38.3 Å². The van der Waals surface area contributed by atoms with Crippen LogP contribution in [0.1, 0.15) is 26.2 Å². The fourth-order valence-electron chi connectivity index (χ4n) is 1.73. The molecular weight excluding hydrogens is 170 g/mol. The summed E-state index contributed by atoms with van der Waals surface area (Å²) in [5.74, 6) is -1.13. The molecule has 0 spiro atoms. The van der Waals surface area contributed by atoms with Crippen molar-refractivity contribution in [2.24, 2.45) is 0 Å². The van der Waals surface area contributed by atoms with E-state index in [0.29, 0.717) is 6.04 Å². The van der Waals surface area contributed by atoms with E-state index in [4.69, 9.17) is 10.2 Å². The van der Waals surface area contributed by atoms with Crippen molar-refractivity contribution in [3.63, 3.8) is 0 Å². The molecule has 1 heterocycles. The summed E-state index contributed by atoms with van der Waals surface area (Å²) < 4.78 is 0. The lowest BCUT2D eigenvalue weighted by Crippen LogP contribution is -2.44. The molecular formula is C9H17NO3. The van der Waals surface area contributed by atoms with E-state index in [2.05, 4.69) is 6.92 Å². The van der Waals surface area contributed by atoms with E-state index in [-0.39, 0.29) is 6.54 Å². The second kappa shape index (κ2) is 4.58. The van der Waals surface area contributed by atoms with Crippen LogP contribution in [-0.4, -0.2) is 46.3 Å². The van der Waals surface area contributed by atoms with Crippen molar-refractivity contribution in [3.05, 3.63) is 0 Å². The van der Waals surface area contributed by atoms with Crippen LogP contribution in [0, 0.1) is 0 Å². The highest BCUT2D eigenvalue weighted by molar-refractivity contribution is 5.72. The molecule has 0 aliphatic carbocycles. The van der Waals surface area contributed by atoms with Gasteiger partial charge in [0.25, 0.3) is 0 Å². The minimum atomic E-state index is -1.24. The molecule has 4 nitrogen and oxygen atoms in total. The molecule has 0 aromatic carbocycles. The highest BCUT2D eigenvalue weighted by Gasteiger charge is 2.23. The van der Waals surface area contributed by atoms with Gasteiger partial charge in [0.05, 0.1) is 0 Å². The molecule has 76 valence electrons. The number of carbonyl (C=O) groups is 1. The zero-order chi connectivity index (χ0) is 9.84. The monoisotopic (exact) mass is 187 g/mol. The maximum absolute atomic E-state index is 10.4. The van der Waals surface area contributed by atoms with Gasteiger partial charge >= 0.3 is 5.97 Å². The van der Waals surface area contributed by atoms with Crippen LogP contribution in [-0.2, 0) is 4.79 Å². The first-order valence-corrected chi connectivity index (χ1v) is 4.76. The van der Waals surface area contributed by atoms with E-state index >= 15 is 0 Å². The fraction of sp³-hybridized carbons (Fsp3) is 0.889. The van der Waals surface area contributed by atoms with Crippen molar-refractivity contribution in [1.82, 2.24) is 4.90 Å². The van der Waals surface area contributed by atoms with Crippen LogP contribution in [0.15, 0.2) is 0 Å². The summed E-state index contributed by atoms with van der Waals surface area (Å²) in [5.41, 5.74) is 0. The largest absolute Gasteiger partial charge is 0.479 e. The van der Waals surface area contributed by atoms with Crippen LogP contribution in [0.2, 0.25) is 0 Å². The summed E-state index contributed by atoms with van der Waals surface area (Å²) in [6, 6.07) is 0.405. The third-order valence-corrected chi connectivity index (χ3v) is 2.63. The molecule has 0 amide bonds. The predicted octanol–water partition coefficient (Wildman–Crippen LogP) is 0.306. The lowest BCUT2D eigenvalue weighted by atomic mass is 10.0. The van der Waals surface area contributed by atoms with Gasteiger partial charge in [0, 0.05) is 12.6 Å². The van der Waals surface area contributed by atoms with Gasteiger partial charge < -0.3 is 10.2 Å². The minimum Gasteiger partial charge on any atom is -0.479 e. The second-order valence-electron chi connectivity index (χ2n) is 3.69. The molecule has 13 heavy (non-hydrogen) atoms. The molecule has 4 heteroatoms. The van der Waals surface area contributed by atoms with Crippen LogP contribution in [0.4, 0.5) is 0 Å². The molecule has 2 unspecified atom stereocenters. The minimum absolute atomic E-state index is 0.260. The van der Waals surface area contributed by atoms with Crippen molar-refractivity contribution in [1.29, 1.82) is 0 Å². The number of likely N-dealkylation sites (tertiary alicyclic amines) is 1. The Kier molecular flexibility index (Phi) is 3.69. The number of β-amino-alcohol motifs (C(OH)–C–C–N with tert-alkyl or cyclic N) is 1. The van der Waals surface area contributed by atoms with E-state index < -0.39 is 12.1 Å². The molecule has 0 bridgehead atoms. The number of aliphatic carboxylic acids is 1. The third kappa shape index (κ3) is 2.97. The lowest BCUT2D eigenvalue weighted by Gasteiger charge is -2.33. The fourth-order valence-corrected chi connectivity index (χ4v) is 1.73. The zero-order valence-corrected chi connectivity index (χ0v) is 7.94. The van der Waals surface area contributed by atoms with E-state index in [1.54, 1.807) is 0 Å². The first-order chi connectivity index (χ1) is 6.11. The molecule has 2 atom stereocenters.